The van der Waals surface area contributed by atoms with E-state index in [1.807, 2.05) is 0 Å². The Morgan fingerprint density at radius 2 is 0.453 bits per heavy atom. The van der Waals surface area contributed by atoms with Crippen LogP contribution >= 0.6 is 8.60 Å². The molecule has 0 saturated carbocycles. The van der Waals surface area contributed by atoms with Gasteiger partial charge in [0.1, 0.15) is 16.8 Å². The van der Waals surface area contributed by atoms with Gasteiger partial charge in [0, 0.05) is 0 Å². The fourth-order valence-electron chi connectivity index (χ4n) is 9.43. The summed E-state index contributed by atoms with van der Waals surface area (Å²) in [7, 11) is -2.15. The first-order valence-electron chi connectivity index (χ1n) is 24.8. The fourth-order valence-corrected chi connectivity index (χ4v) is 11.2. The van der Waals surface area contributed by atoms with Gasteiger partial charge in [0.05, 0.1) is 0 Å². The molecular weight excluding hydrogens is 800 g/mol. The largest absolute Gasteiger partial charge is 0.336 e. The van der Waals surface area contributed by atoms with Crippen LogP contribution in [0.5, 0.6) is 0 Å². The van der Waals surface area contributed by atoms with Gasteiger partial charge in [-0.25, -0.2) is 0 Å². The van der Waals surface area contributed by atoms with Crippen molar-refractivity contribution >= 4 is 8.60 Å². The predicted octanol–water partition coefficient (Wildman–Crippen LogP) is 18.2. The van der Waals surface area contributed by atoms with Crippen molar-refractivity contribution in [1.29, 1.82) is 0 Å². The van der Waals surface area contributed by atoms with Crippen LogP contribution in [0.3, 0.4) is 0 Å². The summed E-state index contributed by atoms with van der Waals surface area (Å²) in [4.78, 5) is 0. The van der Waals surface area contributed by atoms with E-state index in [0.717, 1.165) is 91.2 Å². The second-order valence-corrected chi connectivity index (χ2v) is 18.7. The number of rotatable bonds is 30. The Morgan fingerprint density at radius 1 is 0.266 bits per heavy atom. The molecule has 6 aromatic carbocycles. The molecule has 0 unspecified atom stereocenters. The predicted molar refractivity (Wildman–Crippen MR) is 271 cm³/mol. The van der Waals surface area contributed by atoms with E-state index in [4.69, 9.17) is 13.6 Å². The molecule has 0 N–H and O–H groups in total. The van der Waals surface area contributed by atoms with Gasteiger partial charge in [0.2, 0.25) is 0 Å². The van der Waals surface area contributed by atoms with E-state index in [2.05, 4.69) is 203 Å². The van der Waals surface area contributed by atoms with Gasteiger partial charge in [0.25, 0.3) is 0 Å². The molecule has 3 nitrogen and oxygen atoms in total. The smallest absolute Gasteiger partial charge is 0.296 e. The van der Waals surface area contributed by atoms with Crippen LogP contribution in [0.25, 0.3) is 0 Å². The minimum Gasteiger partial charge on any atom is -0.296 e. The molecule has 0 saturated heterocycles. The normalized spacial score (nSPS) is 12.2. The Kier molecular flexibility index (Phi) is 20.4. The molecule has 0 aliphatic rings. The molecule has 0 spiro atoms. The Hall–Kier alpha value is -4.37. The highest BCUT2D eigenvalue weighted by atomic mass is 31.2. The minimum atomic E-state index is -2.15. The lowest BCUT2D eigenvalue weighted by molar-refractivity contribution is -0.0253. The van der Waals surface area contributed by atoms with Crippen molar-refractivity contribution in [1.82, 2.24) is 0 Å². The van der Waals surface area contributed by atoms with Gasteiger partial charge in [-0.3, -0.25) is 13.6 Å². The number of unbranched alkanes of at least 4 members (excludes halogenated alkanes) is 12. The molecular formula is C60H75O3P. The molecule has 0 radical (unpaired) electrons. The van der Waals surface area contributed by atoms with E-state index in [1.54, 1.807) is 0 Å². The highest BCUT2D eigenvalue weighted by Crippen LogP contribution is 2.62. The maximum atomic E-state index is 8.12. The van der Waals surface area contributed by atoms with E-state index < -0.39 is 25.4 Å². The summed E-state index contributed by atoms with van der Waals surface area (Å²) in [5, 5.41) is 0. The van der Waals surface area contributed by atoms with Gasteiger partial charge in [-0.05, 0) is 71.9 Å². The molecule has 0 aliphatic heterocycles. The van der Waals surface area contributed by atoms with E-state index in [1.165, 1.54) is 57.8 Å². The lowest BCUT2D eigenvalue weighted by Gasteiger charge is -2.45. The number of hydrogen-bond acceptors (Lipinski definition) is 3. The zero-order chi connectivity index (χ0) is 44.6. The molecule has 338 valence electrons. The molecule has 6 rings (SSSR count). The van der Waals surface area contributed by atoms with Crippen molar-refractivity contribution in [2.45, 2.75) is 153 Å². The van der Waals surface area contributed by atoms with Gasteiger partial charge in [-0.2, -0.15) is 0 Å². The monoisotopic (exact) mass is 875 g/mol. The third-order valence-electron chi connectivity index (χ3n) is 13.0. The average molecular weight is 875 g/mol. The number of hydrogen-bond donors (Lipinski definition) is 0. The third kappa shape index (κ3) is 13.1. The molecule has 64 heavy (non-hydrogen) atoms. The van der Waals surface area contributed by atoms with Gasteiger partial charge < -0.3 is 0 Å². The van der Waals surface area contributed by atoms with Crippen LogP contribution in [-0.4, -0.2) is 0 Å². The lowest BCUT2D eigenvalue weighted by Crippen LogP contribution is -2.37. The first-order chi connectivity index (χ1) is 31.6. The Balaban J connectivity index is 1.61. The summed E-state index contributed by atoms with van der Waals surface area (Å²) >= 11 is 0. The molecule has 0 aromatic heterocycles. The molecule has 6 aromatic rings. The first-order valence-corrected chi connectivity index (χ1v) is 25.9. The van der Waals surface area contributed by atoms with Gasteiger partial charge in [0.15, 0.2) is 0 Å². The summed E-state index contributed by atoms with van der Waals surface area (Å²) in [6.07, 6.45) is 19.7. The van der Waals surface area contributed by atoms with Crippen LogP contribution in [0, 0.1) is 0 Å². The van der Waals surface area contributed by atoms with E-state index in [0.29, 0.717) is 0 Å². The van der Waals surface area contributed by atoms with Crippen LogP contribution in [0.1, 0.15) is 170 Å². The van der Waals surface area contributed by atoms with Crippen molar-refractivity contribution in [2.24, 2.45) is 0 Å². The Labute approximate surface area is 389 Å². The summed E-state index contributed by atoms with van der Waals surface area (Å²) in [6.45, 7) is 6.86. The van der Waals surface area contributed by atoms with Crippen molar-refractivity contribution < 1.29 is 13.6 Å². The zero-order valence-corrected chi connectivity index (χ0v) is 40.1. The highest BCUT2D eigenvalue weighted by Gasteiger charge is 2.48. The van der Waals surface area contributed by atoms with Crippen LogP contribution in [0.2, 0.25) is 0 Å². The van der Waals surface area contributed by atoms with Crippen LogP contribution in [-0.2, 0) is 30.4 Å². The minimum absolute atomic E-state index is 0.789. The summed E-state index contributed by atoms with van der Waals surface area (Å²) < 4.78 is 24.4. The van der Waals surface area contributed by atoms with E-state index in [9.17, 15) is 0 Å². The maximum Gasteiger partial charge on any atom is 0.336 e. The van der Waals surface area contributed by atoms with Gasteiger partial charge >= 0.3 is 8.60 Å². The maximum absolute atomic E-state index is 8.12. The molecule has 4 heteroatoms. The SMILES string of the molecule is CCCCCCCC(OP(OC(CCCCCCC)(c1ccccc1)c1ccccc1)OC(CCCCCCC)(c1ccccc1)c1ccccc1)(c1ccccc1)c1ccccc1. The Morgan fingerprint density at radius 3 is 0.641 bits per heavy atom. The third-order valence-corrected chi connectivity index (χ3v) is 14.4. The molecule has 0 heterocycles. The van der Waals surface area contributed by atoms with E-state index >= 15 is 0 Å². The second kappa shape index (κ2) is 26.6. The molecule has 0 aliphatic carbocycles. The topological polar surface area (TPSA) is 27.7 Å². The van der Waals surface area contributed by atoms with Crippen molar-refractivity contribution in [2.75, 3.05) is 0 Å². The van der Waals surface area contributed by atoms with Crippen molar-refractivity contribution in [3.05, 3.63) is 215 Å². The standard InChI is InChI=1S/C60H75O3P/c1-4-7-10-13-34-49-58(52-37-22-16-23-38-52,53-39-24-17-25-40-53)61-64(62-59(50-35-14-11-8-5-2,54-41-26-18-27-42-54)55-43-28-19-29-44-55)63-60(51-36-15-12-9-6-3,56-45-30-20-31-46-56)57-47-32-21-33-48-57/h16-33,37-48H,4-15,34-36,49-51H2,1-3H3. The lowest BCUT2D eigenvalue weighted by atomic mass is 9.82. The zero-order valence-electron chi connectivity index (χ0n) is 39.2. The van der Waals surface area contributed by atoms with Crippen LogP contribution in [0.4, 0.5) is 0 Å². The van der Waals surface area contributed by atoms with Crippen LogP contribution in [0.15, 0.2) is 182 Å². The van der Waals surface area contributed by atoms with Gasteiger partial charge in [-0.1, -0.05) is 280 Å². The molecule has 0 bridgehead atoms. The quantitative estimate of drug-likeness (QED) is 0.0333. The van der Waals surface area contributed by atoms with Crippen LogP contribution < -0.4 is 0 Å². The highest BCUT2D eigenvalue weighted by molar-refractivity contribution is 7.41. The average Bonchev–Trinajstić information content (AvgIpc) is 3.36. The Bertz CT molecular complexity index is 1730. The number of benzene rings is 6. The summed E-state index contributed by atoms with van der Waals surface area (Å²) in [5.41, 5.74) is 4.12. The fraction of sp³-hybridized carbons (Fsp3) is 0.400. The van der Waals surface area contributed by atoms with Crippen molar-refractivity contribution in [3.8, 4) is 0 Å². The van der Waals surface area contributed by atoms with Gasteiger partial charge in [-0.15, -0.1) is 0 Å². The summed E-state index contributed by atoms with van der Waals surface area (Å²) in [6, 6.07) is 65.5. The molecule has 0 fully saturated rings. The van der Waals surface area contributed by atoms with E-state index in [-0.39, 0.29) is 0 Å². The summed E-state index contributed by atoms with van der Waals surface area (Å²) in [5.74, 6) is 0. The second-order valence-electron chi connectivity index (χ2n) is 17.7. The molecule has 0 amide bonds. The van der Waals surface area contributed by atoms with Crippen molar-refractivity contribution in [3.63, 3.8) is 0 Å². The molecule has 0 atom stereocenters. The first kappa shape index (κ1) is 49.1.